The molecule has 1 nitrogen and oxygen atoms in total. The summed E-state index contributed by atoms with van der Waals surface area (Å²) in [6.07, 6.45) is 0. The minimum absolute atomic E-state index is 0.262. The van der Waals surface area contributed by atoms with E-state index in [1.165, 1.54) is 0 Å². The summed E-state index contributed by atoms with van der Waals surface area (Å²) in [4.78, 5) is 0. The number of benzene rings is 1. The third-order valence-corrected chi connectivity index (χ3v) is 3.31. The van der Waals surface area contributed by atoms with Crippen LogP contribution in [0.3, 0.4) is 0 Å². The molecule has 0 saturated carbocycles. The molecule has 1 rings (SSSR count). The molecule has 14 heavy (non-hydrogen) atoms. The van der Waals surface area contributed by atoms with Crippen LogP contribution in [0.15, 0.2) is 10.5 Å². The third kappa shape index (κ3) is 1.80. The maximum Gasteiger partial charge on any atom is 0.140 e. The van der Waals surface area contributed by atoms with E-state index in [0.29, 0.717) is 10.0 Å². The molecule has 1 atom stereocenters. The lowest BCUT2D eigenvalue weighted by Gasteiger charge is -2.11. The van der Waals surface area contributed by atoms with Crippen LogP contribution in [0.25, 0.3) is 0 Å². The molecule has 74 valence electrons. The Kier molecular flexibility index (Phi) is 3.28. The van der Waals surface area contributed by atoms with Crippen LogP contribution in [0.5, 0.6) is 0 Å². The molecule has 0 heterocycles. The summed E-state index contributed by atoms with van der Waals surface area (Å²) in [6.45, 7) is 5.29. The Balaban J connectivity index is 3.42. The molecule has 0 amide bonds. The first-order valence-electron chi connectivity index (χ1n) is 4.33. The van der Waals surface area contributed by atoms with Crippen molar-refractivity contribution in [2.24, 2.45) is 0 Å². The first-order valence-corrected chi connectivity index (χ1v) is 5.13. The molecule has 3 heteroatoms. The zero-order valence-electron chi connectivity index (χ0n) is 8.36. The quantitative estimate of drug-likeness (QED) is 0.749. The van der Waals surface area contributed by atoms with Crippen molar-refractivity contribution in [1.82, 2.24) is 0 Å². The van der Waals surface area contributed by atoms with E-state index >= 15 is 0 Å². The van der Waals surface area contributed by atoms with Gasteiger partial charge in [-0.15, -0.1) is 0 Å². The lowest BCUT2D eigenvalue weighted by Crippen LogP contribution is -1.99. The van der Waals surface area contributed by atoms with Crippen LogP contribution < -0.4 is 0 Å². The van der Waals surface area contributed by atoms with Gasteiger partial charge in [0.05, 0.1) is 16.5 Å². The maximum absolute atomic E-state index is 13.6. The van der Waals surface area contributed by atoms with E-state index in [1.54, 1.807) is 13.8 Å². The first-order chi connectivity index (χ1) is 6.49. The Morgan fingerprint density at radius 2 is 2.07 bits per heavy atom. The molecular weight excluding hydrogens is 245 g/mol. The molecule has 0 aliphatic rings. The van der Waals surface area contributed by atoms with E-state index in [0.717, 1.165) is 11.1 Å². The van der Waals surface area contributed by atoms with Crippen molar-refractivity contribution in [2.75, 3.05) is 0 Å². The lowest BCUT2D eigenvalue weighted by atomic mass is 9.95. The second-order valence-electron chi connectivity index (χ2n) is 3.39. The summed E-state index contributed by atoms with van der Waals surface area (Å²) in [5.41, 5.74) is 2.15. The fraction of sp³-hybridized carbons (Fsp3) is 0.364. The van der Waals surface area contributed by atoms with Gasteiger partial charge in [-0.05, 0) is 53.4 Å². The molecule has 0 aliphatic carbocycles. The van der Waals surface area contributed by atoms with Gasteiger partial charge in [-0.2, -0.15) is 5.26 Å². The van der Waals surface area contributed by atoms with Crippen molar-refractivity contribution in [1.29, 1.82) is 5.26 Å². The van der Waals surface area contributed by atoms with Crippen LogP contribution in [-0.2, 0) is 0 Å². The van der Waals surface area contributed by atoms with Gasteiger partial charge in [0.25, 0.3) is 0 Å². The first kappa shape index (κ1) is 11.2. The Morgan fingerprint density at radius 3 is 2.57 bits per heavy atom. The van der Waals surface area contributed by atoms with Gasteiger partial charge in [-0.25, -0.2) is 4.39 Å². The van der Waals surface area contributed by atoms with E-state index < -0.39 is 0 Å². The third-order valence-electron chi connectivity index (χ3n) is 2.33. The van der Waals surface area contributed by atoms with Crippen molar-refractivity contribution in [3.8, 4) is 6.07 Å². The molecule has 0 bridgehead atoms. The van der Waals surface area contributed by atoms with Crippen LogP contribution >= 0.6 is 15.9 Å². The van der Waals surface area contributed by atoms with Crippen LogP contribution in [-0.4, -0.2) is 0 Å². The molecule has 0 aliphatic heterocycles. The molecule has 0 N–H and O–H groups in total. The fourth-order valence-corrected chi connectivity index (χ4v) is 1.80. The highest BCUT2D eigenvalue weighted by Crippen LogP contribution is 2.29. The maximum atomic E-state index is 13.6. The predicted octanol–water partition coefficient (Wildman–Crippen LogP) is 3.83. The van der Waals surface area contributed by atoms with E-state index in [1.807, 2.05) is 13.0 Å². The lowest BCUT2D eigenvalue weighted by molar-refractivity contribution is 0.606. The van der Waals surface area contributed by atoms with E-state index in [4.69, 9.17) is 5.26 Å². The van der Waals surface area contributed by atoms with Gasteiger partial charge >= 0.3 is 0 Å². The summed E-state index contributed by atoms with van der Waals surface area (Å²) >= 11 is 3.18. The number of rotatable bonds is 1. The molecule has 0 saturated heterocycles. The van der Waals surface area contributed by atoms with Crippen molar-refractivity contribution in [2.45, 2.75) is 26.7 Å². The van der Waals surface area contributed by atoms with Crippen LogP contribution in [0.1, 0.15) is 29.5 Å². The van der Waals surface area contributed by atoms with Gasteiger partial charge < -0.3 is 0 Å². The molecule has 1 aromatic carbocycles. The Morgan fingerprint density at radius 1 is 1.50 bits per heavy atom. The molecule has 0 fully saturated rings. The van der Waals surface area contributed by atoms with Gasteiger partial charge in [0.2, 0.25) is 0 Å². The van der Waals surface area contributed by atoms with Crippen molar-refractivity contribution in [3.05, 3.63) is 33.0 Å². The highest BCUT2D eigenvalue weighted by atomic mass is 79.9. The number of nitriles is 1. The van der Waals surface area contributed by atoms with Crippen LogP contribution in [0, 0.1) is 31.0 Å². The average Bonchev–Trinajstić information content (AvgIpc) is 2.19. The summed E-state index contributed by atoms with van der Waals surface area (Å²) < 4.78 is 14.1. The molecular formula is C11H11BrFN. The molecule has 0 radical (unpaired) electrons. The summed E-state index contributed by atoms with van der Waals surface area (Å²) in [6, 6.07) is 3.97. The molecule has 0 aromatic heterocycles. The fourth-order valence-electron chi connectivity index (χ4n) is 1.39. The Hall–Kier alpha value is -0.880. The highest BCUT2D eigenvalue weighted by Gasteiger charge is 2.15. The van der Waals surface area contributed by atoms with E-state index in [-0.39, 0.29) is 11.7 Å². The standard InChI is InChI=1S/C11H11BrFN/c1-6-4-9(7(2)5-14)8(3)11(13)10(6)12/h4,7H,1-3H3. The number of aryl methyl sites for hydroxylation is 1. The summed E-state index contributed by atoms with van der Waals surface area (Å²) in [5, 5.41) is 8.78. The van der Waals surface area contributed by atoms with Crippen LogP contribution in [0.4, 0.5) is 4.39 Å². The van der Waals surface area contributed by atoms with E-state index in [9.17, 15) is 4.39 Å². The van der Waals surface area contributed by atoms with Crippen molar-refractivity contribution < 1.29 is 4.39 Å². The smallest absolute Gasteiger partial charge is 0.140 e. The van der Waals surface area contributed by atoms with Crippen molar-refractivity contribution in [3.63, 3.8) is 0 Å². The Bertz CT molecular complexity index is 407. The second-order valence-corrected chi connectivity index (χ2v) is 4.18. The zero-order chi connectivity index (χ0) is 10.9. The van der Waals surface area contributed by atoms with Gasteiger partial charge in [-0.3, -0.25) is 0 Å². The molecule has 1 unspecified atom stereocenters. The predicted molar refractivity (Wildman–Crippen MR) is 57.6 cm³/mol. The normalized spacial score (nSPS) is 12.3. The van der Waals surface area contributed by atoms with Crippen LogP contribution in [0.2, 0.25) is 0 Å². The second kappa shape index (κ2) is 4.10. The van der Waals surface area contributed by atoms with Gasteiger partial charge in [0, 0.05) is 0 Å². The van der Waals surface area contributed by atoms with Gasteiger partial charge in [-0.1, -0.05) is 6.07 Å². The Labute approximate surface area is 91.7 Å². The SMILES string of the molecule is Cc1cc(C(C)C#N)c(C)c(F)c1Br. The topological polar surface area (TPSA) is 23.8 Å². The number of nitrogens with zero attached hydrogens (tertiary/aromatic N) is 1. The minimum atomic E-state index is -0.267. The average molecular weight is 256 g/mol. The molecule has 0 spiro atoms. The number of halogens is 2. The highest BCUT2D eigenvalue weighted by molar-refractivity contribution is 9.10. The van der Waals surface area contributed by atoms with Gasteiger partial charge in [0.15, 0.2) is 0 Å². The zero-order valence-corrected chi connectivity index (χ0v) is 9.94. The number of hydrogen-bond acceptors (Lipinski definition) is 1. The van der Waals surface area contributed by atoms with Crippen molar-refractivity contribution >= 4 is 15.9 Å². The monoisotopic (exact) mass is 255 g/mol. The number of hydrogen-bond donors (Lipinski definition) is 0. The minimum Gasteiger partial charge on any atom is -0.205 e. The summed E-state index contributed by atoms with van der Waals surface area (Å²) in [7, 11) is 0. The summed E-state index contributed by atoms with van der Waals surface area (Å²) in [5.74, 6) is -0.529. The molecule has 1 aromatic rings. The van der Waals surface area contributed by atoms with Gasteiger partial charge in [0.1, 0.15) is 5.82 Å². The largest absolute Gasteiger partial charge is 0.205 e. The van der Waals surface area contributed by atoms with E-state index in [2.05, 4.69) is 22.0 Å².